The Balaban J connectivity index is 1.39. The molecule has 1 aromatic heterocycles. The van der Waals surface area contributed by atoms with Gasteiger partial charge in [-0.25, -0.2) is 4.98 Å². The molecule has 4 rings (SSSR count). The molecule has 2 N–H and O–H groups in total. The van der Waals surface area contributed by atoms with Gasteiger partial charge in [0, 0.05) is 11.3 Å². The molecule has 2 heterocycles. The Morgan fingerprint density at radius 3 is 2.34 bits per heavy atom. The minimum absolute atomic E-state index is 0.120. The summed E-state index contributed by atoms with van der Waals surface area (Å²) >= 11 is 0. The fourth-order valence-corrected chi connectivity index (χ4v) is 2.98. The Labute approximate surface area is 169 Å². The molecule has 0 fully saturated rings. The first-order valence-corrected chi connectivity index (χ1v) is 9.43. The fourth-order valence-electron chi connectivity index (χ4n) is 2.98. The van der Waals surface area contributed by atoms with Crippen LogP contribution in [0.2, 0.25) is 0 Å². The Morgan fingerprint density at radius 2 is 1.66 bits per heavy atom. The SMILES string of the molecule is CC(C)(C)c1ccc(Nc2ccc(NC(=O)c3ccc4c(c3)OCO4)cn2)cc1. The van der Waals surface area contributed by atoms with E-state index in [1.807, 2.05) is 24.3 Å². The number of hydrogen-bond donors (Lipinski definition) is 2. The molecule has 29 heavy (non-hydrogen) atoms. The van der Waals surface area contributed by atoms with Gasteiger partial charge in [0.05, 0.1) is 11.9 Å². The summed E-state index contributed by atoms with van der Waals surface area (Å²) in [5.74, 6) is 1.69. The van der Waals surface area contributed by atoms with E-state index in [1.165, 1.54) is 5.56 Å². The minimum atomic E-state index is -0.233. The van der Waals surface area contributed by atoms with Crippen LogP contribution in [0.25, 0.3) is 0 Å². The summed E-state index contributed by atoms with van der Waals surface area (Å²) in [6.45, 7) is 6.74. The molecule has 0 spiro atoms. The van der Waals surface area contributed by atoms with Crippen LogP contribution in [0.5, 0.6) is 11.5 Å². The number of fused-ring (bicyclic) bond motifs is 1. The Bertz CT molecular complexity index is 1020. The Morgan fingerprint density at radius 1 is 0.931 bits per heavy atom. The molecule has 0 saturated carbocycles. The van der Waals surface area contributed by atoms with E-state index in [2.05, 4.69) is 48.5 Å². The normalized spacial score (nSPS) is 12.5. The molecule has 0 atom stereocenters. The lowest BCUT2D eigenvalue weighted by atomic mass is 9.87. The number of rotatable bonds is 4. The van der Waals surface area contributed by atoms with Crippen molar-refractivity contribution in [1.29, 1.82) is 0 Å². The van der Waals surface area contributed by atoms with Gasteiger partial charge in [-0.05, 0) is 53.4 Å². The first-order valence-electron chi connectivity index (χ1n) is 9.43. The summed E-state index contributed by atoms with van der Waals surface area (Å²) in [5.41, 5.74) is 3.46. The second-order valence-corrected chi connectivity index (χ2v) is 7.91. The molecule has 2 aromatic carbocycles. The van der Waals surface area contributed by atoms with Crippen LogP contribution in [0.3, 0.4) is 0 Å². The second kappa shape index (κ2) is 7.47. The lowest BCUT2D eigenvalue weighted by Crippen LogP contribution is -2.12. The van der Waals surface area contributed by atoms with Crippen LogP contribution < -0.4 is 20.1 Å². The minimum Gasteiger partial charge on any atom is -0.454 e. The third-order valence-electron chi connectivity index (χ3n) is 4.68. The number of pyridine rings is 1. The van der Waals surface area contributed by atoms with E-state index in [9.17, 15) is 4.79 Å². The number of ether oxygens (including phenoxy) is 2. The summed E-state index contributed by atoms with van der Waals surface area (Å²) < 4.78 is 10.6. The predicted octanol–water partition coefficient (Wildman–Crippen LogP) is 5.10. The van der Waals surface area contributed by atoms with Crippen molar-refractivity contribution in [2.45, 2.75) is 26.2 Å². The predicted molar refractivity (Wildman–Crippen MR) is 113 cm³/mol. The summed E-state index contributed by atoms with van der Waals surface area (Å²) in [4.78, 5) is 16.8. The van der Waals surface area contributed by atoms with Gasteiger partial charge < -0.3 is 20.1 Å². The van der Waals surface area contributed by atoms with Gasteiger partial charge >= 0.3 is 0 Å². The van der Waals surface area contributed by atoms with Crippen molar-refractivity contribution in [3.05, 3.63) is 71.9 Å². The zero-order valence-electron chi connectivity index (χ0n) is 16.7. The van der Waals surface area contributed by atoms with Gasteiger partial charge in [0.15, 0.2) is 11.5 Å². The highest BCUT2D eigenvalue weighted by Gasteiger charge is 2.16. The van der Waals surface area contributed by atoms with Crippen LogP contribution in [-0.4, -0.2) is 17.7 Å². The van der Waals surface area contributed by atoms with Gasteiger partial charge in [0.1, 0.15) is 5.82 Å². The van der Waals surface area contributed by atoms with Gasteiger partial charge in [-0.15, -0.1) is 0 Å². The van der Waals surface area contributed by atoms with Crippen molar-refractivity contribution in [3.63, 3.8) is 0 Å². The van der Waals surface area contributed by atoms with Crippen molar-refractivity contribution in [1.82, 2.24) is 4.98 Å². The number of carbonyl (C=O) groups excluding carboxylic acids is 1. The van der Waals surface area contributed by atoms with Crippen LogP contribution in [0, 0.1) is 0 Å². The molecule has 1 aliphatic rings. The molecule has 148 valence electrons. The zero-order chi connectivity index (χ0) is 20.4. The van der Waals surface area contributed by atoms with Crippen LogP contribution in [-0.2, 0) is 5.41 Å². The fraction of sp³-hybridized carbons (Fsp3) is 0.217. The highest BCUT2D eigenvalue weighted by molar-refractivity contribution is 6.04. The van der Waals surface area contributed by atoms with Crippen LogP contribution in [0.4, 0.5) is 17.2 Å². The highest BCUT2D eigenvalue weighted by Crippen LogP contribution is 2.32. The van der Waals surface area contributed by atoms with Crippen molar-refractivity contribution in [2.75, 3.05) is 17.4 Å². The van der Waals surface area contributed by atoms with Gasteiger partial charge in [0.2, 0.25) is 6.79 Å². The van der Waals surface area contributed by atoms with Gasteiger partial charge in [-0.1, -0.05) is 32.9 Å². The quantitative estimate of drug-likeness (QED) is 0.649. The Kier molecular flexibility index (Phi) is 4.84. The second-order valence-electron chi connectivity index (χ2n) is 7.91. The van der Waals surface area contributed by atoms with E-state index in [0.717, 1.165) is 5.69 Å². The Hall–Kier alpha value is -3.54. The average molecular weight is 389 g/mol. The standard InChI is InChI=1S/C23H23N3O3/c1-23(2,3)16-5-7-17(8-6-16)25-21-11-9-18(13-24-21)26-22(27)15-4-10-19-20(12-15)29-14-28-19/h4-13H,14H2,1-3H3,(H,24,25)(H,26,27). The largest absolute Gasteiger partial charge is 0.454 e. The zero-order valence-corrected chi connectivity index (χ0v) is 16.7. The molecule has 6 nitrogen and oxygen atoms in total. The summed E-state index contributed by atoms with van der Waals surface area (Å²) in [5, 5.41) is 6.11. The number of amides is 1. The van der Waals surface area contributed by atoms with Gasteiger partial charge in [-0.3, -0.25) is 4.79 Å². The molecule has 0 radical (unpaired) electrons. The summed E-state index contributed by atoms with van der Waals surface area (Å²) in [7, 11) is 0. The number of carbonyl (C=O) groups is 1. The van der Waals surface area contributed by atoms with Crippen molar-refractivity contribution in [3.8, 4) is 11.5 Å². The number of aromatic nitrogens is 1. The molecule has 0 saturated heterocycles. The third kappa shape index (κ3) is 4.32. The number of hydrogen-bond acceptors (Lipinski definition) is 5. The monoisotopic (exact) mass is 389 g/mol. The van der Waals surface area contributed by atoms with Crippen LogP contribution in [0.15, 0.2) is 60.8 Å². The van der Waals surface area contributed by atoms with E-state index in [-0.39, 0.29) is 18.1 Å². The van der Waals surface area contributed by atoms with Crippen molar-refractivity contribution < 1.29 is 14.3 Å². The van der Waals surface area contributed by atoms with Crippen LogP contribution in [0.1, 0.15) is 36.7 Å². The summed E-state index contributed by atoms with van der Waals surface area (Å²) in [6.07, 6.45) is 1.62. The number of anilines is 3. The number of nitrogens with zero attached hydrogens (tertiary/aromatic N) is 1. The molecule has 6 heteroatoms. The van der Waals surface area contributed by atoms with Crippen LogP contribution >= 0.6 is 0 Å². The summed E-state index contributed by atoms with van der Waals surface area (Å²) in [6, 6.07) is 17.0. The lowest BCUT2D eigenvalue weighted by Gasteiger charge is -2.19. The van der Waals surface area contributed by atoms with Gasteiger partial charge in [0.25, 0.3) is 5.91 Å². The smallest absolute Gasteiger partial charge is 0.255 e. The van der Waals surface area contributed by atoms with E-state index in [1.54, 1.807) is 24.4 Å². The molecular weight excluding hydrogens is 366 g/mol. The molecule has 1 aliphatic heterocycles. The van der Waals surface area contributed by atoms with E-state index in [0.29, 0.717) is 28.6 Å². The highest BCUT2D eigenvalue weighted by atomic mass is 16.7. The molecular formula is C23H23N3O3. The maximum atomic E-state index is 12.5. The number of benzene rings is 2. The average Bonchev–Trinajstić information content (AvgIpc) is 3.17. The van der Waals surface area contributed by atoms with E-state index in [4.69, 9.17) is 9.47 Å². The molecule has 0 unspecified atom stereocenters. The van der Waals surface area contributed by atoms with Crippen molar-refractivity contribution >= 4 is 23.1 Å². The molecule has 0 aliphatic carbocycles. The topological polar surface area (TPSA) is 72.5 Å². The van der Waals surface area contributed by atoms with Crippen molar-refractivity contribution in [2.24, 2.45) is 0 Å². The maximum Gasteiger partial charge on any atom is 0.255 e. The molecule has 3 aromatic rings. The molecule has 0 bridgehead atoms. The molecule has 1 amide bonds. The third-order valence-corrected chi connectivity index (χ3v) is 4.68. The van der Waals surface area contributed by atoms with E-state index >= 15 is 0 Å². The van der Waals surface area contributed by atoms with Gasteiger partial charge in [-0.2, -0.15) is 0 Å². The first kappa shape index (κ1) is 18.8. The maximum absolute atomic E-state index is 12.5. The lowest BCUT2D eigenvalue weighted by molar-refractivity contribution is 0.102. The first-order chi connectivity index (χ1) is 13.9. The number of nitrogens with one attached hydrogen (secondary N) is 2. The van der Waals surface area contributed by atoms with E-state index < -0.39 is 0 Å².